The maximum atomic E-state index is 13.0. The molecule has 3 aromatic carbocycles. The second kappa shape index (κ2) is 10.6. The van der Waals surface area contributed by atoms with Crippen LogP contribution in [0.15, 0.2) is 65.6 Å². The predicted molar refractivity (Wildman–Crippen MR) is 123 cm³/mol. The molecular formula is C23H25FKN3O3S. The van der Waals surface area contributed by atoms with Crippen LogP contribution in [0.4, 0.5) is 21.5 Å². The quantitative estimate of drug-likeness (QED) is 0.525. The van der Waals surface area contributed by atoms with Crippen LogP contribution in [0.2, 0.25) is 0 Å². The number of hydrogen-bond donors (Lipinski definition) is 1. The summed E-state index contributed by atoms with van der Waals surface area (Å²) >= 11 is 0. The Hall–Kier alpha value is -1.49. The Balaban J connectivity index is 0.00000363. The Morgan fingerprint density at radius 2 is 1.59 bits per heavy atom. The molecule has 0 heterocycles. The van der Waals surface area contributed by atoms with Gasteiger partial charge in [0.2, 0.25) is 5.91 Å². The van der Waals surface area contributed by atoms with Gasteiger partial charge >= 0.3 is 51.4 Å². The number of benzene rings is 3. The molecule has 1 N–H and O–H groups in total. The average molecular weight is 482 g/mol. The summed E-state index contributed by atoms with van der Waals surface area (Å²) in [6, 6.07) is 16.7. The summed E-state index contributed by atoms with van der Waals surface area (Å²) in [5.74, 6) is -0.459. The number of nitrogens with zero attached hydrogens (tertiary/aromatic N) is 2. The molecule has 0 saturated heterocycles. The van der Waals surface area contributed by atoms with E-state index < -0.39 is 28.0 Å². The number of nitrogens with one attached hydrogen (secondary N) is 1. The topological polar surface area (TPSA) is 80.6 Å². The van der Waals surface area contributed by atoms with Crippen LogP contribution in [-0.4, -0.2) is 35.1 Å². The number of halogens is 1. The van der Waals surface area contributed by atoms with E-state index in [2.05, 4.69) is 10.0 Å². The number of anilines is 2. The molecule has 164 valence electrons. The van der Waals surface area contributed by atoms with Crippen LogP contribution >= 0.6 is 0 Å². The van der Waals surface area contributed by atoms with Gasteiger partial charge in [0.25, 0.3) is 0 Å². The molecule has 0 bridgehead atoms. The number of amides is 1. The molecule has 0 aromatic heterocycles. The van der Waals surface area contributed by atoms with Crippen molar-refractivity contribution in [2.24, 2.45) is 5.41 Å². The fourth-order valence-electron chi connectivity index (χ4n) is 3.03. The number of alkyl halides is 1. The van der Waals surface area contributed by atoms with Crippen molar-refractivity contribution in [3.8, 4) is 0 Å². The molecule has 9 heteroatoms. The summed E-state index contributed by atoms with van der Waals surface area (Å²) in [5, 5.41) is 4.03. The van der Waals surface area contributed by atoms with E-state index in [1.54, 1.807) is 12.1 Å². The molecule has 6 nitrogen and oxygen atoms in total. The molecule has 3 aromatic rings. The normalized spacial score (nSPS) is 11.5. The van der Waals surface area contributed by atoms with Crippen molar-refractivity contribution in [3.05, 3.63) is 65.4 Å². The molecule has 0 aliphatic carbocycles. The smallest absolute Gasteiger partial charge is 0.573 e. The molecule has 3 rings (SSSR count). The van der Waals surface area contributed by atoms with Crippen LogP contribution in [0.5, 0.6) is 0 Å². The van der Waals surface area contributed by atoms with Gasteiger partial charge in [-0.15, -0.1) is 5.69 Å². The van der Waals surface area contributed by atoms with Crippen molar-refractivity contribution < 1.29 is 69.0 Å². The monoisotopic (exact) mass is 481 g/mol. The summed E-state index contributed by atoms with van der Waals surface area (Å²) in [6.45, 7) is 2.22. The molecule has 1 amide bonds. The maximum absolute atomic E-state index is 13.0. The minimum Gasteiger partial charge on any atom is -0.573 e. The Morgan fingerprint density at radius 3 is 2.19 bits per heavy atom. The van der Waals surface area contributed by atoms with Gasteiger partial charge in [0.05, 0.1) is 10.3 Å². The molecule has 0 aliphatic heterocycles. The summed E-state index contributed by atoms with van der Waals surface area (Å²) in [5.41, 5.74) is 0.421. The van der Waals surface area contributed by atoms with Gasteiger partial charge in [-0.2, -0.15) is 0 Å². The first-order valence-corrected chi connectivity index (χ1v) is 11.1. The number of sulfonamides is 1. The minimum atomic E-state index is -3.98. The van der Waals surface area contributed by atoms with Crippen LogP contribution in [0, 0.1) is 5.41 Å². The Labute approximate surface area is 231 Å². The van der Waals surface area contributed by atoms with Gasteiger partial charge in [-0.3, -0.25) is 4.79 Å². The van der Waals surface area contributed by atoms with E-state index in [0.29, 0.717) is 11.1 Å². The summed E-state index contributed by atoms with van der Waals surface area (Å²) in [7, 11) is -0.180. The van der Waals surface area contributed by atoms with Crippen LogP contribution < -0.4 is 61.6 Å². The van der Waals surface area contributed by atoms with Crippen LogP contribution in [0.3, 0.4) is 0 Å². The third-order valence-electron chi connectivity index (χ3n) is 4.92. The Morgan fingerprint density at radius 1 is 1.00 bits per heavy atom. The molecule has 0 fully saturated rings. The van der Waals surface area contributed by atoms with Gasteiger partial charge in [0.1, 0.15) is 16.7 Å². The molecule has 0 radical (unpaired) electrons. The predicted octanol–water partition coefficient (Wildman–Crippen LogP) is 2.24. The third-order valence-corrected chi connectivity index (χ3v) is 6.28. The number of rotatable bonds is 7. The second-order valence-corrected chi connectivity index (χ2v) is 9.68. The summed E-state index contributed by atoms with van der Waals surface area (Å²) < 4.78 is 43.0. The van der Waals surface area contributed by atoms with E-state index in [1.807, 2.05) is 37.2 Å². The van der Waals surface area contributed by atoms with Crippen molar-refractivity contribution in [3.63, 3.8) is 0 Å². The first kappa shape index (κ1) is 26.8. The fraction of sp³-hybridized carbons (Fsp3) is 0.261. The average Bonchev–Trinajstić information content (AvgIpc) is 2.73. The summed E-state index contributed by atoms with van der Waals surface area (Å²) in [4.78, 5) is 14.1. The number of hydrogen-bond acceptors (Lipinski definition) is 4. The second-order valence-electron chi connectivity index (χ2n) is 8.11. The number of carbonyl (C=O) groups excluding carboxylic acids is 1. The van der Waals surface area contributed by atoms with Gasteiger partial charge in [-0.25, -0.2) is 12.8 Å². The van der Waals surface area contributed by atoms with E-state index in [0.717, 1.165) is 11.1 Å². The zero-order chi connectivity index (χ0) is 22.8. The van der Waals surface area contributed by atoms with Crippen molar-refractivity contribution >= 4 is 43.8 Å². The number of carbonyl (C=O) groups is 1. The summed E-state index contributed by atoms with van der Waals surface area (Å²) in [6.07, 6.45) is 0. The fourth-order valence-corrected chi connectivity index (χ4v) is 4.24. The molecule has 0 spiro atoms. The molecular weight excluding hydrogens is 456 g/mol. The van der Waals surface area contributed by atoms with Gasteiger partial charge in [0.15, 0.2) is 0 Å². The van der Waals surface area contributed by atoms with Crippen LogP contribution in [0.1, 0.15) is 13.8 Å². The largest absolute Gasteiger partial charge is 1.00 e. The van der Waals surface area contributed by atoms with E-state index in [-0.39, 0.29) is 62.0 Å². The van der Waals surface area contributed by atoms with Crippen molar-refractivity contribution in [2.45, 2.75) is 18.7 Å². The molecule has 32 heavy (non-hydrogen) atoms. The van der Waals surface area contributed by atoms with E-state index >= 15 is 0 Å². The SMILES string of the molecule is CN(C)c1cccc2c(S(=O)(=O)[N-]c3ccc(NC(=O)C(C)(C)CF)cc3)cccc12.[K+]. The van der Waals surface area contributed by atoms with Crippen molar-refractivity contribution in [1.82, 2.24) is 0 Å². The Kier molecular flexibility index (Phi) is 8.88. The molecule has 0 unspecified atom stereocenters. The van der Waals surface area contributed by atoms with Gasteiger partial charge in [0, 0.05) is 36.2 Å². The van der Waals surface area contributed by atoms with Gasteiger partial charge < -0.3 is 14.9 Å². The van der Waals surface area contributed by atoms with Crippen molar-refractivity contribution in [2.75, 3.05) is 31.0 Å². The maximum Gasteiger partial charge on any atom is 1.00 e. The molecule has 0 atom stereocenters. The van der Waals surface area contributed by atoms with Crippen LogP contribution in [0.25, 0.3) is 15.5 Å². The molecule has 0 saturated carbocycles. The Bertz CT molecular complexity index is 1210. The molecule has 0 aliphatic rings. The zero-order valence-electron chi connectivity index (χ0n) is 18.9. The number of fused-ring (bicyclic) bond motifs is 1. The zero-order valence-corrected chi connectivity index (χ0v) is 22.8. The first-order valence-electron chi connectivity index (χ1n) is 9.70. The van der Waals surface area contributed by atoms with Gasteiger partial charge in [-0.1, -0.05) is 36.4 Å². The third kappa shape index (κ3) is 5.89. The van der Waals surface area contributed by atoms with E-state index in [4.69, 9.17) is 0 Å². The van der Waals surface area contributed by atoms with Gasteiger partial charge in [-0.05, 0) is 38.1 Å². The standard InChI is InChI=1S/C23H25FN3O3S.K/c1-23(2,15-24)22(28)25-16-11-13-17(14-12-16)26-31(29,30)21-10-6-7-18-19(21)8-5-9-20(18)27(3)4;/h5-14H,15H2,1-4H3,(H,25,28);/q-1;+1. The van der Waals surface area contributed by atoms with E-state index in [1.165, 1.54) is 44.2 Å². The minimum absolute atomic E-state index is 0. The van der Waals surface area contributed by atoms with Crippen LogP contribution in [-0.2, 0) is 14.8 Å². The van der Waals surface area contributed by atoms with E-state index in [9.17, 15) is 17.6 Å². The first-order chi connectivity index (χ1) is 14.5. The van der Waals surface area contributed by atoms with Crippen molar-refractivity contribution in [1.29, 1.82) is 0 Å².